The molecule has 8 heteroatoms. The van der Waals surface area contributed by atoms with Crippen LogP contribution in [0.15, 0.2) is 65.7 Å². The van der Waals surface area contributed by atoms with Gasteiger partial charge in [-0.15, -0.1) is 0 Å². The maximum atomic E-state index is 13.7. The summed E-state index contributed by atoms with van der Waals surface area (Å²) in [6, 6.07) is 15.7. The summed E-state index contributed by atoms with van der Waals surface area (Å²) < 4.78 is 3.49. The van der Waals surface area contributed by atoms with Gasteiger partial charge in [-0.3, -0.25) is 14.1 Å². The molecule has 6 rings (SSSR count). The predicted octanol–water partition coefficient (Wildman–Crippen LogP) is 3.34. The van der Waals surface area contributed by atoms with Crippen molar-refractivity contribution < 1.29 is 5.11 Å². The van der Waals surface area contributed by atoms with Crippen LogP contribution in [0.1, 0.15) is 36.9 Å². The molecule has 4 aromatic rings. The van der Waals surface area contributed by atoms with Crippen LogP contribution >= 0.6 is 0 Å². The Kier molecular flexibility index (Phi) is 6.30. The van der Waals surface area contributed by atoms with Gasteiger partial charge in [0, 0.05) is 51.5 Å². The number of rotatable bonds is 6. The lowest BCUT2D eigenvalue weighted by atomic mass is 9.92. The maximum Gasteiger partial charge on any atom is 0.334 e. The van der Waals surface area contributed by atoms with Gasteiger partial charge in [-0.25, -0.2) is 9.78 Å². The lowest BCUT2D eigenvalue weighted by molar-refractivity contribution is 0.0445. The molecule has 0 spiro atoms. The third kappa shape index (κ3) is 4.45. The van der Waals surface area contributed by atoms with Gasteiger partial charge in [0.25, 0.3) is 0 Å². The first kappa shape index (κ1) is 23.9. The van der Waals surface area contributed by atoms with E-state index in [0.717, 1.165) is 80.0 Å². The predicted molar refractivity (Wildman–Crippen MR) is 145 cm³/mol. The molecular weight excluding hydrogens is 464 g/mol. The van der Waals surface area contributed by atoms with E-state index in [-0.39, 0.29) is 5.69 Å². The first-order valence-electron chi connectivity index (χ1n) is 13.3. The molecule has 1 N–H and O–H groups in total. The summed E-state index contributed by atoms with van der Waals surface area (Å²) in [5, 5.41) is 11.0. The largest absolute Gasteiger partial charge is 0.385 e. The Labute approximate surface area is 216 Å². The van der Waals surface area contributed by atoms with Crippen molar-refractivity contribution in [3.63, 3.8) is 0 Å². The number of anilines is 1. The number of pyridine rings is 2. The quantitative estimate of drug-likeness (QED) is 0.439. The lowest BCUT2D eigenvalue weighted by Crippen LogP contribution is -2.44. The van der Waals surface area contributed by atoms with Crippen molar-refractivity contribution in [2.24, 2.45) is 0 Å². The van der Waals surface area contributed by atoms with Crippen LogP contribution < -0.4 is 10.6 Å². The van der Waals surface area contributed by atoms with E-state index < -0.39 is 5.60 Å². The van der Waals surface area contributed by atoms with Gasteiger partial charge < -0.3 is 14.9 Å². The molecule has 1 aromatic carbocycles. The van der Waals surface area contributed by atoms with Crippen molar-refractivity contribution in [3.05, 3.63) is 82.7 Å². The van der Waals surface area contributed by atoms with Crippen LogP contribution in [0.2, 0.25) is 0 Å². The number of aliphatic hydroxyl groups is 1. The Morgan fingerprint density at radius 3 is 2.38 bits per heavy atom. The van der Waals surface area contributed by atoms with E-state index in [1.807, 2.05) is 48.7 Å². The fourth-order valence-electron chi connectivity index (χ4n) is 5.88. The van der Waals surface area contributed by atoms with Crippen LogP contribution in [0.3, 0.4) is 0 Å². The van der Waals surface area contributed by atoms with Crippen molar-refractivity contribution in [3.8, 4) is 5.69 Å². The minimum atomic E-state index is -0.747. The molecule has 4 heterocycles. The highest BCUT2D eigenvalue weighted by atomic mass is 16.3. The number of aromatic nitrogens is 4. The van der Waals surface area contributed by atoms with Crippen molar-refractivity contribution in [2.75, 3.05) is 38.1 Å². The summed E-state index contributed by atoms with van der Waals surface area (Å²) in [5.41, 5.74) is 4.45. The zero-order chi connectivity index (χ0) is 25.4. The van der Waals surface area contributed by atoms with Crippen LogP contribution in [0.25, 0.3) is 16.9 Å². The third-order valence-electron chi connectivity index (χ3n) is 8.06. The number of fused-ring (bicyclic) bond motifs is 1. The van der Waals surface area contributed by atoms with E-state index in [4.69, 9.17) is 4.98 Å². The molecule has 2 fully saturated rings. The normalized spacial score (nSPS) is 18.1. The number of aryl methyl sites for hydroxylation is 2. The van der Waals surface area contributed by atoms with Gasteiger partial charge in [-0.05, 0) is 61.9 Å². The summed E-state index contributed by atoms with van der Waals surface area (Å²) in [5.74, 6) is 0. The molecule has 0 bridgehead atoms. The number of benzene rings is 1. The number of nitrogens with zero attached hydrogens (tertiary/aromatic N) is 6. The molecular formula is C29H34N6O2. The van der Waals surface area contributed by atoms with Crippen molar-refractivity contribution in [2.45, 2.75) is 44.2 Å². The molecule has 3 aromatic heterocycles. The molecule has 1 saturated carbocycles. The van der Waals surface area contributed by atoms with Gasteiger partial charge in [0.15, 0.2) is 5.65 Å². The molecule has 0 amide bonds. The Morgan fingerprint density at radius 2 is 1.62 bits per heavy atom. The third-order valence-corrected chi connectivity index (χ3v) is 8.06. The topological polar surface area (TPSA) is 79.4 Å². The summed E-state index contributed by atoms with van der Waals surface area (Å²) in [7, 11) is 2.15. The molecule has 192 valence electrons. The Morgan fingerprint density at radius 1 is 0.919 bits per heavy atom. The van der Waals surface area contributed by atoms with Crippen LogP contribution in [0.5, 0.6) is 0 Å². The SMILES string of the molecule is CN1CCN(c2cccnc2CCn2c(=O)n(-c3ccc(C4(O)CCCC4)cc3)c3cccnc32)CC1. The molecule has 1 saturated heterocycles. The molecule has 2 aliphatic rings. The van der Waals surface area contributed by atoms with Gasteiger partial charge in [-0.2, -0.15) is 0 Å². The first-order valence-corrected chi connectivity index (χ1v) is 13.3. The molecule has 0 atom stereocenters. The minimum Gasteiger partial charge on any atom is -0.385 e. The Balaban J connectivity index is 1.31. The fourth-order valence-corrected chi connectivity index (χ4v) is 5.88. The average Bonchev–Trinajstić information content (AvgIpc) is 3.49. The summed E-state index contributed by atoms with van der Waals surface area (Å²) in [4.78, 5) is 27.7. The van der Waals surface area contributed by atoms with E-state index in [9.17, 15) is 9.90 Å². The summed E-state index contributed by atoms with van der Waals surface area (Å²) >= 11 is 0. The zero-order valence-corrected chi connectivity index (χ0v) is 21.4. The fraction of sp³-hybridized carbons (Fsp3) is 0.414. The zero-order valence-electron chi connectivity index (χ0n) is 21.4. The van der Waals surface area contributed by atoms with Crippen molar-refractivity contribution in [1.82, 2.24) is 24.0 Å². The van der Waals surface area contributed by atoms with Gasteiger partial charge in [0.1, 0.15) is 0 Å². The van der Waals surface area contributed by atoms with Crippen molar-refractivity contribution >= 4 is 16.9 Å². The monoisotopic (exact) mass is 498 g/mol. The van der Waals surface area contributed by atoms with Gasteiger partial charge in [0.2, 0.25) is 0 Å². The molecule has 0 radical (unpaired) electrons. The van der Waals surface area contributed by atoms with Crippen LogP contribution in [-0.4, -0.2) is 62.3 Å². The van der Waals surface area contributed by atoms with Gasteiger partial charge in [0.05, 0.1) is 28.2 Å². The molecule has 0 unspecified atom stereocenters. The molecule has 1 aliphatic heterocycles. The van der Waals surface area contributed by atoms with E-state index in [0.29, 0.717) is 18.6 Å². The van der Waals surface area contributed by atoms with Crippen LogP contribution in [-0.2, 0) is 18.6 Å². The number of likely N-dealkylation sites (N-methyl/N-ethyl adjacent to an activating group) is 1. The maximum absolute atomic E-state index is 13.7. The molecule has 1 aliphatic carbocycles. The Bertz CT molecular complexity index is 1440. The van der Waals surface area contributed by atoms with Crippen molar-refractivity contribution in [1.29, 1.82) is 0 Å². The van der Waals surface area contributed by atoms with E-state index in [1.54, 1.807) is 15.3 Å². The highest BCUT2D eigenvalue weighted by Crippen LogP contribution is 2.38. The number of imidazole rings is 1. The average molecular weight is 499 g/mol. The van der Waals surface area contributed by atoms with Gasteiger partial charge >= 0.3 is 5.69 Å². The standard InChI is InChI=1S/C29H34N6O2/c1-32-18-20-33(21-19-32)25-6-4-15-30-24(25)12-17-34-27-26(7-5-16-31-27)35(28(34)36)23-10-8-22(9-11-23)29(37)13-2-3-14-29/h4-11,15-16,37H,2-3,12-14,17-21H2,1H3. The number of hydrogen-bond donors (Lipinski definition) is 1. The van der Waals surface area contributed by atoms with Gasteiger partial charge in [-0.1, -0.05) is 25.0 Å². The highest BCUT2D eigenvalue weighted by molar-refractivity contribution is 5.74. The first-order chi connectivity index (χ1) is 18.0. The van der Waals surface area contributed by atoms with Crippen LogP contribution in [0.4, 0.5) is 5.69 Å². The second-order valence-electron chi connectivity index (χ2n) is 10.4. The number of hydrogen-bond acceptors (Lipinski definition) is 6. The van der Waals surface area contributed by atoms with E-state index in [2.05, 4.69) is 27.9 Å². The highest BCUT2D eigenvalue weighted by Gasteiger charge is 2.32. The molecule has 8 nitrogen and oxygen atoms in total. The van der Waals surface area contributed by atoms with E-state index in [1.165, 1.54) is 0 Å². The Hall–Kier alpha value is -3.49. The lowest BCUT2D eigenvalue weighted by Gasteiger charge is -2.34. The minimum absolute atomic E-state index is 0.113. The summed E-state index contributed by atoms with van der Waals surface area (Å²) in [6.45, 7) is 4.50. The smallest absolute Gasteiger partial charge is 0.334 e. The second-order valence-corrected chi connectivity index (χ2v) is 10.4. The number of piperazine rings is 1. The van der Waals surface area contributed by atoms with E-state index >= 15 is 0 Å². The molecule has 37 heavy (non-hydrogen) atoms. The summed E-state index contributed by atoms with van der Waals surface area (Å²) in [6.07, 6.45) is 7.88. The van der Waals surface area contributed by atoms with Crippen LogP contribution in [0, 0.1) is 0 Å². The second kappa shape index (κ2) is 9.76.